The highest BCUT2D eigenvalue weighted by Crippen LogP contribution is 2.26. The zero-order chi connectivity index (χ0) is 13.9. The second-order valence-electron chi connectivity index (χ2n) is 5.20. The van der Waals surface area contributed by atoms with E-state index in [0.29, 0.717) is 5.56 Å². The van der Waals surface area contributed by atoms with Gasteiger partial charge in [-0.15, -0.1) is 0 Å². The Balaban J connectivity index is 1.83. The molecule has 2 atom stereocenters. The fourth-order valence-electron chi connectivity index (χ4n) is 2.56. The molecular formula is C17H18FNO. The summed E-state index contributed by atoms with van der Waals surface area (Å²) in [4.78, 5) is 0. The number of rotatable bonds is 2. The molecule has 0 amide bonds. The van der Waals surface area contributed by atoms with Gasteiger partial charge in [0.2, 0.25) is 0 Å². The summed E-state index contributed by atoms with van der Waals surface area (Å²) < 4.78 is 19.7. The van der Waals surface area contributed by atoms with E-state index in [-0.39, 0.29) is 18.0 Å². The van der Waals surface area contributed by atoms with Crippen LogP contribution in [0.2, 0.25) is 0 Å². The van der Waals surface area contributed by atoms with Crippen molar-refractivity contribution in [3.63, 3.8) is 0 Å². The molecule has 0 radical (unpaired) electrons. The van der Waals surface area contributed by atoms with Gasteiger partial charge in [0.25, 0.3) is 0 Å². The van der Waals surface area contributed by atoms with Crippen LogP contribution in [0.5, 0.6) is 0 Å². The van der Waals surface area contributed by atoms with Gasteiger partial charge >= 0.3 is 0 Å². The summed E-state index contributed by atoms with van der Waals surface area (Å²) in [6.45, 7) is 3.78. The van der Waals surface area contributed by atoms with Crippen LogP contribution in [-0.2, 0) is 4.74 Å². The van der Waals surface area contributed by atoms with Gasteiger partial charge < -0.3 is 10.1 Å². The molecule has 3 rings (SSSR count). The van der Waals surface area contributed by atoms with Crippen LogP contribution < -0.4 is 5.32 Å². The lowest BCUT2D eigenvalue weighted by Gasteiger charge is -2.29. The lowest BCUT2D eigenvalue weighted by atomic mass is 10.0. The Morgan fingerprint density at radius 3 is 2.50 bits per heavy atom. The molecule has 104 valence electrons. The van der Waals surface area contributed by atoms with Gasteiger partial charge in [-0.05, 0) is 24.1 Å². The Bertz CT molecular complexity index is 582. The fraction of sp³-hybridized carbons (Fsp3) is 0.294. The summed E-state index contributed by atoms with van der Waals surface area (Å²) in [5, 5.41) is 3.35. The van der Waals surface area contributed by atoms with E-state index in [1.165, 1.54) is 6.07 Å². The van der Waals surface area contributed by atoms with Gasteiger partial charge in [-0.25, -0.2) is 4.39 Å². The number of nitrogens with one attached hydrogen (secondary N) is 1. The standard InChI is InChI=1S/C17H18FNO/c1-12-10-19-11-17(20-12)14-8-6-13(7-9-14)15-4-2-3-5-16(15)18/h2-9,12,17,19H,10-11H2,1H3. The van der Waals surface area contributed by atoms with Gasteiger partial charge in [0, 0.05) is 18.7 Å². The number of halogens is 1. The van der Waals surface area contributed by atoms with Crippen LogP contribution >= 0.6 is 0 Å². The summed E-state index contributed by atoms with van der Waals surface area (Å²) in [6.07, 6.45) is 0.299. The first-order chi connectivity index (χ1) is 9.74. The third-order valence-corrected chi connectivity index (χ3v) is 3.63. The minimum Gasteiger partial charge on any atom is -0.368 e. The Kier molecular flexibility index (Phi) is 3.81. The van der Waals surface area contributed by atoms with Crippen molar-refractivity contribution in [2.45, 2.75) is 19.1 Å². The van der Waals surface area contributed by atoms with Crippen LogP contribution in [0.15, 0.2) is 48.5 Å². The molecule has 0 spiro atoms. The van der Waals surface area contributed by atoms with Crippen LogP contribution in [0, 0.1) is 5.82 Å². The summed E-state index contributed by atoms with van der Waals surface area (Å²) in [5.41, 5.74) is 2.66. The molecule has 0 aliphatic carbocycles. The maximum atomic E-state index is 13.7. The highest BCUT2D eigenvalue weighted by Gasteiger charge is 2.20. The highest BCUT2D eigenvalue weighted by molar-refractivity contribution is 5.64. The second-order valence-corrected chi connectivity index (χ2v) is 5.20. The quantitative estimate of drug-likeness (QED) is 0.902. The molecule has 0 saturated carbocycles. The molecule has 1 heterocycles. The summed E-state index contributed by atoms with van der Waals surface area (Å²) in [5.74, 6) is -0.190. The van der Waals surface area contributed by atoms with Crippen LogP contribution in [0.25, 0.3) is 11.1 Å². The maximum Gasteiger partial charge on any atom is 0.131 e. The van der Waals surface area contributed by atoms with E-state index in [1.54, 1.807) is 12.1 Å². The van der Waals surface area contributed by atoms with E-state index >= 15 is 0 Å². The molecule has 2 nitrogen and oxygen atoms in total. The number of hydrogen-bond donors (Lipinski definition) is 1. The van der Waals surface area contributed by atoms with Crippen LogP contribution in [-0.4, -0.2) is 19.2 Å². The molecule has 1 fully saturated rings. The molecule has 1 aliphatic rings. The number of morpholine rings is 1. The predicted molar refractivity (Wildman–Crippen MR) is 78.0 cm³/mol. The molecule has 2 aromatic rings. The number of ether oxygens (including phenoxy) is 1. The third-order valence-electron chi connectivity index (χ3n) is 3.63. The average molecular weight is 271 g/mol. The van der Waals surface area contributed by atoms with Gasteiger partial charge in [-0.3, -0.25) is 0 Å². The minimum absolute atomic E-state index is 0.0772. The highest BCUT2D eigenvalue weighted by atomic mass is 19.1. The van der Waals surface area contributed by atoms with Crippen LogP contribution in [0.1, 0.15) is 18.6 Å². The number of hydrogen-bond acceptors (Lipinski definition) is 2. The Morgan fingerprint density at radius 2 is 1.80 bits per heavy atom. The van der Waals surface area contributed by atoms with Crippen molar-refractivity contribution in [3.05, 3.63) is 59.9 Å². The molecule has 1 N–H and O–H groups in total. The van der Waals surface area contributed by atoms with Crippen LogP contribution in [0.4, 0.5) is 4.39 Å². The molecule has 0 bridgehead atoms. The van der Waals surface area contributed by atoms with E-state index in [9.17, 15) is 4.39 Å². The van der Waals surface area contributed by atoms with Gasteiger partial charge in [0.15, 0.2) is 0 Å². The van der Waals surface area contributed by atoms with Crippen molar-refractivity contribution in [1.82, 2.24) is 5.32 Å². The van der Waals surface area contributed by atoms with Crippen LogP contribution in [0.3, 0.4) is 0 Å². The number of benzene rings is 2. The summed E-state index contributed by atoms with van der Waals surface area (Å²) >= 11 is 0. The zero-order valence-electron chi connectivity index (χ0n) is 11.5. The molecule has 2 aromatic carbocycles. The first-order valence-corrected chi connectivity index (χ1v) is 6.95. The van der Waals surface area contributed by atoms with Gasteiger partial charge in [0.05, 0.1) is 12.2 Å². The minimum atomic E-state index is -0.190. The maximum absolute atomic E-state index is 13.7. The molecular weight excluding hydrogens is 253 g/mol. The van der Waals surface area contributed by atoms with E-state index in [4.69, 9.17) is 4.74 Å². The molecule has 1 saturated heterocycles. The Morgan fingerprint density at radius 1 is 1.05 bits per heavy atom. The van der Waals surface area contributed by atoms with Gasteiger partial charge in [0.1, 0.15) is 5.82 Å². The molecule has 0 aromatic heterocycles. The van der Waals surface area contributed by atoms with E-state index in [0.717, 1.165) is 24.2 Å². The lowest BCUT2D eigenvalue weighted by Crippen LogP contribution is -2.38. The van der Waals surface area contributed by atoms with Gasteiger partial charge in [-0.1, -0.05) is 42.5 Å². The SMILES string of the molecule is CC1CNCC(c2ccc(-c3ccccc3F)cc2)O1. The molecule has 2 unspecified atom stereocenters. The monoisotopic (exact) mass is 271 g/mol. The van der Waals surface area contributed by atoms with Crippen molar-refractivity contribution in [2.75, 3.05) is 13.1 Å². The lowest BCUT2D eigenvalue weighted by molar-refractivity contribution is -0.0287. The summed E-state index contributed by atoms with van der Waals surface area (Å²) in [6, 6.07) is 14.8. The third kappa shape index (κ3) is 2.74. The van der Waals surface area contributed by atoms with Gasteiger partial charge in [-0.2, -0.15) is 0 Å². The first-order valence-electron chi connectivity index (χ1n) is 6.95. The predicted octanol–water partition coefficient (Wildman–Crippen LogP) is 3.54. The van der Waals surface area contributed by atoms with Crippen molar-refractivity contribution >= 4 is 0 Å². The van der Waals surface area contributed by atoms with Crippen molar-refractivity contribution in [1.29, 1.82) is 0 Å². The second kappa shape index (κ2) is 5.73. The van der Waals surface area contributed by atoms with Crippen molar-refractivity contribution in [3.8, 4) is 11.1 Å². The normalized spacial score (nSPS) is 22.7. The summed E-state index contributed by atoms with van der Waals surface area (Å²) in [7, 11) is 0. The van der Waals surface area contributed by atoms with Crippen molar-refractivity contribution < 1.29 is 9.13 Å². The zero-order valence-corrected chi connectivity index (χ0v) is 11.5. The molecule has 20 heavy (non-hydrogen) atoms. The molecule has 3 heteroatoms. The topological polar surface area (TPSA) is 21.3 Å². The fourth-order valence-corrected chi connectivity index (χ4v) is 2.56. The van der Waals surface area contributed by atoms with E-state index in [1.807, 2.05) is 30.3 Å². The smallest absolute Gasteiger partial charge is 0.131 e. The first kappa shape index (κ1) is 13.3. The van der Waals surface area contributed by atoms with Crippen molar-refractivity contribution in [2.24, 2.45) is 0 Å². The Hall–Kier alpha value is -1.71. The largest absolute Gasteiger partial charge is 0.368 e. The van der Waals surface area contributed by atoms with E-state index < -0.39 is 0 Å². The Labute approximate surface area is 118 Å². The average Bonchev–Trinajstić information content (AvgIpc) is 2.48. The molecule has 1 aliphatic heterocycles. The van der Waals surface area contributed by atoms with E-state index in [2.05, 4.69) is 12.2 Å².